The Morgan fingerprint density at radius 3 is 2.21 bits per heavy atom. The van der Waals surface area contributed by atoms with E-state index < -0.39 is 11.8 Å². The van der Waals surface area contributed by atoms with Crippen LogP contribution in [-0.4, -0.2) is 95.7 Å². The summed E-state index contributed by atoms with van der Waals surface area (Å²) in [4.78, 5) is 30.5. The van der Waals surface area contributed by atoms with Gasteiger partial charge in [0.15, 0.2) is 0 Å². The van der Waals surface area contributed by atoms with Crippen molar-refractivity contribution < 1.29 is 14.3 Å². The normalized spacial score (nSPS) is 15.9. The molecule has 1 fully saturated rings. The first kappa shape index (κ1) is 22.1. The van der Waals surface area contributed by atoms with Gasteiger partial charge in [0.05, 0.1) is 19.3 Å². The van der Waals surface area contributed by atoms with Gasteiger partial charge in [-0.15, -0.1) is 0 Å². The Morgan fingerprint density at radius 1 is 1.04 bits per heavy atom. The van der Waals surface area contributed by atoms with Crippen molar-refractivity contribution in [3.8, 4) is 0 Å². The zero-order valence-corrected chi connectivity index (χ0v) is 17.4. The molecule has 1 aliphatic heterocycles. The summed E-state index contributed by atoms with van der Waals surface area (Å²) in [5.74, 6) is -1.19. The summed E-state index contributed by atoms with van der Waals surface area (Å²) in [5.41, 5.74) is 2.20. The summed E-state index contributed by atoms with van der Waals surface area (Å²) in [6.45, 7) is 4.70. The van der Waals surface area contributed by atoms with E-state index in [4.69, 9.17) is 4.74 Å². The van der Waals surface area contributed by atoms with Gasteiger partial charge in [-0.2, -0.15) is 0 Å². The molecule has 1 atom stereocenters. The van der Waals surface area contributed by atoms with E-state index in [1.807, 2.05) is 50.1 Å². The number of rotatable bonds is 8. The Hall–Kier alpha value is -2.16. The van der Waals surface area contributed by atoms with Crippen molar-refractivity contribution >= 4 is 17.5 Å². The van der Waals surface area contributed by atoms with Crippen LogP contribution in [0.15, 0.2) is 24.3 Å². The zero-order valence-electron chi connectivity index (χ0n) is 17.4. The lowest BCUT2D eigenvalue weighted by molar-refractivity contribution is -0.139. The fourth-order valence-corrected chi connectivity index (χ4v) is 3.10. The van der Waals surface area contributed by atoms with Gasteiger partial charge in [0, 0.05) is 52.5 Å². The number of carbonyl (C=O) groups excluding carboxylic acids is 2. The minimum atomic E-state index is -0.598. The highest BCUT2D eigenvalue weighted by Gasteiger charge is 2.19. The number of anilines is 1. The molecule has 2 N–H and O–H groups in total. The van der Waals surface area contributed by atoms with E-state index in [9.17, 15) is 9.59 Å². The number of nitrogens with zero attached hydrogens (tertiary/aromatic N) is 3. The molecule has 1 aliphatic rings. The molecule has 0 aromatic heterocycles. The van der Waals surface area contributed by atoms with Crippen molar-refractivity contribution in [1.82, 2.24) is 20.4 Å². The average Bonchev–Trinajstić information content (AvgIpc) is 2.68. The van der Waals surface area contributed by atoms with Gasteiger partial charge in [-0.3, -0.25) is 14.5 Å². The molecule has 0 aliphatic carbocycles. The minimum absolute atomic E-state index is 0.0127. The van der Waals surface area contributed by atoms with E-state index in [0.29, 0.717) is 13.1 Å². The second kappa shape index (κ2) is 11.0. The van der Waals surface area contributed by atoms with Gasteiger partial charge in [0.1, 0.15) is 0 Å². The van der Waals surface area contributed by atoms with Crippen molar-refractivity contribution in [2.45, 2.75) is 6.04 Å². The van der Waals surface area contributed by atoms with Crippen molar-refractivity contribution in [2.75, 3.05) is 79.0 Å². The van der Waals surface area contributed by atoms with Crippen LogP contribution in [0.4, 0.5) is 5.69 Å². The molecule has 156 valence electrons. The Labute approximate surface area is 167 Å². The number of likely N-dealkylation sites (N-methyl/N-ethyl adjacent to an activating group) is 1. The van der Waals surface area contributed by atoms with Crippen molar-refractivity contribution in [1.29, 1.82) is 0 Å². The Morgan fingerprint density at radius 2 is 1.64 bits per heavy atom. The van der Waals surface area contributed by atoms with Gasteiger partial charge < -0.3 is 25.2 Å². The second-order valence-corrected chi connectivity index (χ2v) is 7.39. The number of ether oxygens (including phenoxy) is 1. The third-order valence-electron chi connectivity index (χ3n) is 4.90. The number of hydrogen-bond donors (Lipinski definition) is 2. The molecular formula is C20H33N5O3. The quantitative estimate of drug-likeness (QED) is 0.604. The molecule has 1 aromatic rings. The molecule has 0 saturated carbocycles. The molecule has 0 radical (unpaired) electrons. The van der Waals surface area contributed by atoms with Gasteiger partial charge in [-0.1, -0.05) is 12.1 Å². The molecule has 0 unspecified atom stereocenters. The summed E-state index contributed by atoms with van der Waals surface area (Å²) in [6.07, 6.45) is 0. The Bertz CT molecular complexity index is 627. The lowest BCUT2D eigenvalue weighted by Crippen LogP contribution is -2.46. The maximum absolute atomic E-state index is 12.1. The molecule has 8 nitrogen and oxygen atoms in total. The summed E-state index contributed by atoms with van der Waals surface area (Å²) in [6, 6.07) is 8.18. The highest BCUT2D eigenvalue weighted by atomic mass is 16.5. The Balaban J connectivity index is 1.79. The van der Waals surface area contributed by atoms with Crippen molar-refractivity contribution in [3.63, 3.8) is 0 Å². The fraction of sp³-hybridized carbons (Fsp3) is 0.600. The predicted octanol–water partition coefficient (Wildman–Crippen LogP) is -0.0801. The molecule has 2 rings (SSSR count). The number of benzene rings is 1. The molecule has 1 heterocycles. The van der Waals surface area contributed by atoms with Gasteiger partial charge >= 0.3 is 11.8 Å². The van der Waals surface area contributed by atoms with Crippen LogP contribution in [0.2, 0.25) is 0 Å². The maximum Gasteiger partial charge on any atom is 0.309 e. The lowest BCUT2D eigenvalue weighted by atomic mass is 10.1. The van der Waals surface area contributed by atoms with Crippen LogP contribution in [0.3, 0.4) is 0 Å². The highest BCUT2D eigenvalue weighted by molar-refractivity contribution is 6.35. The molecule has 0 spiro atoms. The van der Waals surface area contributed by atoms with Crippen LogP contribution in [-0.2, 0) is 14.3 Å². The molecule has 28 heavy (non-hydrogen) atoms. The van der Waals surface area contributed by atoms with Gasteiger partial charge in [-0.05, 0) is 31.8 Å². The first-order chi connectivity index (χ1) is 13.4. The summed E-state index contributed by atoms with van der Waals surface area (Å²) in [7, 11) is 7.91. The predicted molar refractivity (Wildman–Crippen MR) is 110 cm³/mol. The third-order valence-corrected chi connectivity index (χ3v) is 4.90. The molecular weight excluding hydrogens is 358 g/mol. The molecule has 2 amide bonds. The molecule has 0 bridgehead atoms. The van der Waals surface area contributed by atoms with E-state index >= 15 is 0 Å². The molecule has 8 heteroatoms. The maximum atomic E-state index is 12.1. The van der Waals surface area contributed by atoms with E-state index in [0.717, 1.165) is 44.1 Å². The number of carbonyl (C=O) groups is 2. The third kappa shape index (κ3) is 6.78. The highest BCUT2D eigenvalue weighted by Crippen LogP contribution is 2.20. The molecule has 1 aromatic carbocycles. The molecule has 1 saturated heterocycles. The summed E-state index contributed by atoms with van der Waals surface area (Å²) < 4.78 is 5.29. The van der Waals surface area contributed by atoms with Gasteiger partial charge in [-0.25, -0.2) is 0 Å². The van der Waals surface area contributed by atoms with Crippen LogP contribution in [0.25, 0.3) is 0 Å². The van der Waals surface area contributed by atoms with E-state index in [2.05, 4.69) is 27.7 Å². The fourth-order valence-electron chi connectivity index (χ4n) is 3.10. The largest absolute Gasteiger partial charge is 0.379 e. The average molecular weight is 392 g/mol. The standard InChI is InChI=1S/C20H33N5O3/c1-23(2)17-7-5-16(6-8-17)18(24(3)4)15-22-20(27)19(26)21-9-10-25-11-13-28-14-12-25/h5-8,18H,9-15H2,1-4H3,(H,21,26)(H,22,27)/t18-/m0/s1. The van der Waals surface area contributed by atoms with Crippen molar-refractivity contribution in [3.05, 3.63) is 29.8 Å². The SMILES string of the molecule is CN(C)c1ccc([C@H](CNC(=O)C(=O)NCCN2CCOCC2)N(C)C)cc1. The Kier molecular flexibility index (Phi) is 8.69. The second-order valence-electron chi connectivity index (χ2n) is 7.39. The number of hydrogen-bond acceptors (Lipinski definition) is 6. The van der Waals surface area contributed by atoms with Gasteiger partial charge in [0.2, 0.25) is 0 Å². The van der Waals surface area contributed by atoms with Crippen LogP contribution in [0.5, 0.6) is 0 Å². The lowest BCUT2D eigenvalue weighted by Gasteiger charge is -2.26. The van der Waals surface area contributed by atoms with Crippen LogP contribution in [0, 0.1) is 0 Å². The minimum Gasteiger partial charge on any atom is -0.379 e. The van der Waals surface area contributed by atoms with E-state index in [1.54, 1.807) is 0 Å². The van der Waals surface area contributed by atoms with Crippen molar-refractivity contribution in [2.24, 2.45) is 0 Å². The van der Waals surface area contributed by atoms with Crippen LogP contribution >= 0.6 is 0 Å². The topological polar surface area (TPSA) is 77.2 Å². The van der Waals surface area contributed by atoms with E-state index in [-0.39, 0.29) is 6.04 Å². The first-order valence-electron chi connectivity index (χ1n) is 9.68. The van der Waals surface area contributed by atoms with Gasteiger partial charge in [0.25, 0.3) is 0 Å². The number of amides is 2. The first-order valence-corrected chi connectivity index (χ1v) is 9.68. The monoisotopic (exact) mass is 391 g/mol. The van der Waals surface area contributed by atoms with Crippen LogP contribution < -0.4 is 15.5 Å². The number of nitrogens with one attached hydrogen (secondary N) is 2. The van der Waals surface area contributed by atoms with Crippen LogP contribution in [0.1, 0.15) is 11.6 Å². The zero-order chi connectivity index (χ0) is 20.5. The summed E-state index contributed by atoms with van der Waals surface area (Å²) >= 11 is 0. The summed E-state index contributed by atoms with van der Waals surface area (Å²) in [5, 5.41) is 5.44. The number of morpholine rings is 1. The smallest absolute Gasteiger partial charge is 0.309 e. The van der Waals surface area contributed by atoms with E-state index in [1.165, 1.54) is 0 Å².